The Labute approximate surface area is 197 Å². The molecule has 5 nitrogen and oxygen atoms in total. The number of amides is 1. The highest BCUT2D eigenvalue weighted by molar-refractivity contribution is 5.84. The minimum Gasteiger partial charge on any atom is -0.490 e. The second kappa shape index (κ2) is 9.50. The second-order valence-corrected chi connectivity index (χ2v) is 9.39. The third-order valence-corrected chi connectivity index (χ3v) is 6.93. The van der Waals surface area contributed by atoms with Crippen molar-refractivity contribution in [3.63, 3.8) is 0 Å². The predicted molar refractivity (Wildman–Crippen MR) is 134 cm³/mol. The van der Waals surface area contributed by atoms with Crippen LogP contribution >= 0.6 is 0 Å². The molecule has 1 atom stereocenters. The number of hydrogen-bond acceptors (Lipinski definition) is 4. The highest BCUT2D eigenvalue weighted by atomic mass is 16.5. The van der Waals surface area contributed by atoms with Gasteiger partial charge in [0.05, 0.1) is 13.2 Å². The molecule has 5 heteroatoms. The van der Waals surface area contributed by atoms with Gasteiger partial charge in [-0.2, -0.15) is 0 Å². The van der Waals surface area contributed by atoms with Gasteiger partial charge in [0, 0.05) is 24.1 Å². The molecule has 2 heterocycles. The van der Waals surface area contributed by atoms with E-state index in [9.17, 15) is 4.79 Å². The van der Waals surface area contributed by atoms with Crippen molar-refractivity contribution in [2.24, 2.45) is 0 Å². The molecule has 2 aromatic rings. The number of para-hydroxylation sites is 1. The van der Waals surface area contributed by atoms with E-state index in [2.05, 4.69) is 73.5 Å². The Morgan fingerprint density at radius 1 is 1.06 bits per heavy atom. The zero-order valence-electron chi connectivity index (χ0n) is 20.3. The number of benzene rings is 2. The molecule has 1 amide bonds. The molecule has 0 spiro atoms. The Morgan fingerprint density at radius 2 is 1.88 bits per heavy atom. The number of ether oxygens (including phenoxy) is 2. The maximum atomic E-state index is 12.6. The molecule has 0 saturated carbocycles. The Hall–Kier alpha value is -2.95. The quantitative estimate of drug-likeness (QED) is 0.501. The lowest BCUT2D eigenvalue weighted by atomic mass is 9.74. The lowest BCUT2D eigenvalue weighted by Crippen LogP contribution is -2.68. The van der Waals surface area contributed by atoms with Gasteiger partial charge in [0.25, 0.3) is 0 Å². The average Bonchev–Trinajstić information content (AvgIpc) is 3.00. The summed E-state index contributed by atoms with van der Waals surface area (Å²) in [5.41, 5.74) is 2.55. The summed E-state index contributed by atoms with van der Waals surface area (Å²) in [4.78, 5) is 14.9. The minimum atomic E-state index is -0.618. The van der Waals surface area contributed by atoms with Gasteiger partial charge in [0.15, 0.2) is 11.5 Å². The maximum absolute atomic E-state index is 12.6. The molecule has 33 heavy (non-hydrogen) atoms. The van der Waals surface area contributed by atoms with Crippen molar-refractivity contribution >= 4 is 17.7 Å². The van der Waals surface area contributed by atoms with Gasteiger partial charge in [0.2, 0.25) is 5.91 Å². The molecule has 176 valence electrons. The van der Waals surface area contributed by atoms with E-state index >= 15 is 0 Å². The van der Waals surface area contributed by atoms with Gasteiger partial charge in [0.1, 0.15) is 5.66 Å². The highest BCUT2D eigenvalue weighted by Gasteiger charge is 2.57. The minimum absolute atomic E-state index is 0.0858. The van der Waals surface area contributed by atoms with E-state index in [1.54, 1.807) is 0 Å². The summed E-state index contributed by atoms with van der Waals surface area (Å²) in [6, 6.07) is 14.5. The Morgan fingerprint density at radius 3 is 2.67 bits per heavy atom. The number of rotatable bonds is 9. The van der Waals surface area contributed by atoms with E-state index in [0.29, 0.717) is 26.2 Å². The first-order valence-electron chi connectivity index (χ1n) is 12.2. The second-order valence-electron chi connectivity index (χ2n) is 9.39. The summed E-state index contributed by atoms with van der Waals surface area (Å²) in [6.07, 6.45) is 8.11. The molecular weight excluding hydrogens is 412 g/mol. The standard InChI is InChI=1S/C28H36N2O3/c1-5-7-10-19-33-24-14-13-21(20-25(24)32-6-2)15-17-28-27(3,4)22-11-8-9-12-23(22)30(28)18-16-26(31)29-28/h8-9,11-15,17,20H,5-7,10,16,18-19H2,1-4H3,(H,29,31)/t28-/m0/s1. The van der Waals surface area contributed by atoms with Crippen molar-refractivity contribution in [1.29, 1.82) is 0 Å². The van der Waals surface area contributed by atoms with Gasteiger partial charge in [-0.05, 0) is 48.7 Å². The fourth-order valence-corrected chi connectivity index (χ4v) is 5.09. The van der Waals surface area contributed by atoms with Crippen LogP contribution in [-0.2, 0) is 10.2 Å². The van der Waals surface area contributed by atoms with Crippen LogP contribution in [0.1, 0.15) is 64.5 Å². The van der Waals surface area contributed by atoms with E-state index in [1.165, 1.54) is 17.7 Å². The summed E-state index contributed by atoms with van der Waals surface area (Å²) < 4.78 is 11.9. The normalized spacial score (nSPS) is 21.0. The van der Waals surface area contributed by atoms with Crippen molar-refractivity contribution in [1.82, 2.24) is 5.32 Å². The fraction of sp³-hybridized carbons (Fsp3) is 0.464. The molecule has 0 unspecified atom stereocenters. The molecule has 2 aliphatic heterocycles. The SMILES string of the molecule is CCCCCOc1ccc(C=C[C@]23NC(=O)CCN2c2ccccc2C3(C)C)cc1OCC. The number of fused-ring (bicyclic) bond motifs is 3. The summed E-state index contributed by atoms with van der Waals surface area (Å²) in [5.74, 6) is 1.62. The van der Waals surface area contributed by atoms with Crippen LogP contribution in [0.4, 0.5) is 5.69 Å². The average molecular weight is 449 g/mol. The zero-order valence-corrected chi connectivity index (χ0v) is 20.3. The summed E-state index contributed by atoms with van der Waals surface area (Å²) in [7, 11) is 0. The van der Waals surface area contributed by atoms with Crippen LogP contribution in [0.5, 0.6) is 11.5 Å². The van der Waals surface area contributed by atoms with E-state index < -0.39 is 5.66 Å². The van der Waals surface area contributed by atoms with Crippen molar-refractivity contribution in [3.05, 3.63) is 59.7 Å². The van der Waals surface area contributed by atoms with Crippen LogP contribution in [0.25, 0.3) is 6.08 Å². The number of nitrogens with zero attached hydrogens (tertiary/aromatic N) is 1. The van der Waals surface area contributed by atoms with Crippen molar-refractivity contribution < 1.29 is 14.3 Å². The Balaban J connectivity index is 1.65. The summed E-state index contributed by atoms with van der Waals surface area (Å²) in [6.45, 7) is 10.6. The first-order valence-corrected chi connectivity index (χ1v) is 12.2. The number of carbonyl (C=O) groups is 1. The van der Waals surface area contributed by atoms with Crippen LogP contribution in [0, 0.1) is 0 Å². The lowest BCUT2D eigenvalue weighted by Gasteiger charge is -2.49. The number of hydrogen-bond donors (Lipinski definition) is 1. The van der Waals surface area contributed by atoms with E-state index in [4.69, 9.17) is 9.47 Å². The molecule has 0 radical (unpaired) electrons. The van der Waals surface area contributed by atoms with Crippen LogP contribution < -0.4 is 19.7 Å². The molecule has 1 N–H and O–H groups in total. The van der Waals surface area contributed by atoms with Gasteiger partial charge >= 0.3 is 0 Å². The molecule has 0 aliphatic carbocycles. The number of unbranched alkanes of at least 4 members (excludes halogenated alkanes) is 2. The van der Waals surface area contributed by atoms with E-state index in [0.717, 1.165) is 29.9 Å². The summed E-state index contributed by atoms with van der Waals surface area (Å²) in [5, 5.41) is 3.33. The third kappa shape index (κ3) is 4.21. The van der Waals surface area contributed by atoms with Crippen molar-refractivity contribution in [2.75, 3.05) is 24.7 Å². The van der Waals surface area contributed by atoms with Crippen molar-refractivity contribution in [3.8, 4) is 11.5 Å². The number of anilines is 1. The third-order valence-electron chi connectivity index (χ3n) is 6.93. The van der Waals surface area contributed by atoms with Crippen LogP contribution in [0.15, 0.2) is 48.5 Å². The number of carbonyl (C=O) groups excluding carboxylic acids is 1. The highest BCUT2D eigenvalue weighted by Crippen LogP contribution is 2.52. The van der Waals surface area contributed by atoms with Gasteiger partial charge in [-0.15, -0.1) is 0 Å². The predicted octanol–water partition coefficient (Wildman–Crippen LogP) is 5.68. The molecule has 4 rings (SSSR count). The zero-order chi connectivity index (χ0) is 23.5. The number of nitrogens with one attached hydrogen (secondary N) is 1. The maximum Gasteiger partial charge on any atom is 0.223 e. The first kappa shape index (κ1) is 23.2. The van der Waals surface area contributed by atoms with Gasteiger partial charge in [-0.1, -0.05) is 64.0 Å². The molecule has 2 aromatic carbocycles. The first-order chi connectivity index (χ1) is 15.9. The molecule has 0 aromatic heterocycles. The van der Waals surface area contributed by atoms with Crippen LogP contribution in [-0.4, -0.2) is 31.3 Å². The molecule has 1 fully saturated rings. The van der Waals surface area contributed by atoms with Gasteiger partial charge < -0.3 is 19.7 Å². The van der Waals surface area contributed by atoms with E-state index in [-0.39, 0.29) is 11.3 Å². The Kier molecular flexibility index (Phi) is 6.68. The molecular formula is C28H36N2O3. The molecule has 1 saturated heterocycles. The molecule has 2 aliphatic rings. The van der Waals surface area contributed by atoms with Gasteiger partial charge in [-0.25, -0.2) is 0 Å². The smallest absolute Gasteiger partial charge is 0.223 e. The van der Waals surface area contributed by atoms with E-state index in [1.807, 2.05) is 19.1 Å². The summed E-state index contributed by atoms with van der Waals surface area (Å²) >= 11 is 0. The van der Waals surface area contributed by atoms with Crippen molar-refractivity contribution in [2.45, 2.75) is 64.5 Å². The van der Waals surface area contributed by atoms with Gasteiger partial charge in [-0.3, -0.25) is 4.79 Å². The monoisotopic (exact) mass is 448 g/mol. The molecule has 0 bridgehead atoms. The lowest BCUT2D eigenvalue weighted by molar-refractivity contribution is -0.124. The largest absolute Gasteiger partial charge is 0.490 e. The Bertz CT molecular complexity index is 1030. The van der Waals surface area contributed by atoms with Crippen LogP contribution in [0.2, 0.25) is 0 Å². The van der Waals surface area contributed by atoms with Crippen LogP contribution in [0.3, 0.4) is 0 Å². The topological polar surface area (TPSA) is 50.8 Å². The fourth-order valence-electron chi connectivity index (χ4n) is 5.09.